The van der Waals surface area contributed by atoms with Crippen molar-refractivity contribution in [2.24, 2.45) is 0 Å². The van der Waals surface area contributed by atoms with Crippen molar-refractivity contribution in [2.45, 2.75) is 25.6 Å². The van der Waals surface area contributed by atoms with Crippen LogP contribution in [-0.4, -0.2) is 47.9 Å². The lowest BCUT2D eigenvalue weighted by Gasteiger charge is -2.26. The molecule has 3 aromatic heterocycles. The summed E-state index contributed by atoms with van der Waals surface area (Å²) < 4.78 is 18.8. The third kappa shape index (κ3) is 3.74. The van der Waals surface area contributed by atoms with Gasteiger partial charge in [-0.15, -0.1) is 0 Å². The number of nitrogens with one attached hydrogen (secondary N) is 1. The van der Waals surface area contributed by atoms with Crippen LogP contribution in [0.3, 0.4) is 0 Å². The van der Waals surface area contributed by atoms with E-state index in [4.69, 9.17) is 19.2 Å². The van der Waals surface area contributed by atoms with Crippen LogP contribution >= 0.6 is 0 Å². The van der Waals surface area contributed by atoms with Gasteiger partial charge in [0.2, 0.25) is 5.91 Å². The molecule has 152 valence electrons. The van der Waals surface area contributed by atoms with Crippen LogP contribution in [-0.2, 0) is 31.2 Å². The average molecular weight is 396 g/mol. The second-order valence-electron chi connectivity index (χ2n) is 7.15. The van der Waals surface area contributed by atoms with Gasteiger partial charge in [-0.25, -0.2) is 9.97 Å². The summed E-state index contributed by atoms with van der Waals surface area (Å²) in [5.74, 6) is 1.07. The van der Waals surface area contributed by atoms with Gasteiger partial charge in [0.15, 0.2) is 0 Å². The number of methoxy groups -OCH3 is 2. The molecule has 1 aliphatic rings. The fourth-order valence-electron chi connectivity index (χ4n) is 3.67. The molecule has 3 aromatic rings. The second-order valence-corrected chi connectivity index (χ2v) is 7.15. The van der Waals surface area contributed by atoms with E-state index in [1.807, 2.05) is 35.0 Å². The number of hydrogen-bond donors (Lipinski definition) is 1. The van der Waals surface area contributed by atoms with E-state index in [2.05, 4.69) is 10.3 Å². The molecule has 0 aliphatic carbocycles. The Labute approximate surface area is 168 Å². The molecular formula is C21H24N4O4. The van der Waals surface area contributed by atoms with Crippen LogP contribution in [0.2, 0.25) is 0 Å². The zero-order valence-electron chi connectivity index (χ0n) is 16.8. The average Bonchev–Trinajstić information content (AvgIpc) is 3.35. The van der Waals surface area contributed by atoms with Gasteiger partial charge in [-0.2, -0.15) is 0 Å². The molecule has 29 heavy (non-hydrogen) atoms. The number of nitrogens with zero attached hydrogens (tertiary/aromatic N) is 3. The number of anilines is 1. The summed E-state index contributed by atoms with van der Waals surface area (Å²) in [5.41, 5.74) is 2.14. The monoisotopic (exact) mass is 396 g/mol. The molecule has 4 rings (SSSR count). The fourth-order valence-corrected chi connectivity index (χ4v) is 3.67. The lowest BCUT2D eigenvalue weighted by Crippen LogP contribution is -2.30. The molecule has 1 atom stereocenters. The Morgan fingerprint density at radius 1 is 1.34 bits per heavy atom. The Hall–Kier alpha value is -2.81. The summed E-state index contributed by atoms with van der Waals surface area (Å²) in [6.07, 6.45) is 4.42. The highest BCUT2D eigenvalue weighted by Crippen LogP contribution is 2.34. The first-order valence-electron chi connectivity index (χ1n) is 9.43. The number of amides is 1. The smallest absolute Gasteiger partial charge is 0.222 e. The van der Waals surface area contributed by atoms with Crippen molar-refractivity contribution in [2.75, 3.05) is 32.8 Å². The number of carbonyl (C=O) groups excluding carboxylic acids is 1. The van der Waals surface area contributed by atoms with Crippen molar-refractivity contribution in [3.05, 3.63) is 47.9 Å². The van der Waals surface area contributed by atoms with Crippen LogP contribution in [0, 0.1) is 0 Å². The Morgan fingerprint density at radius 3 is 2.90 bits per heavy atom. The summed E-state index contributed by atoms with van der Waals surface area (Å²) in [5, 5.41) is 3.68. The van der Waals surface area contributed by atoms with Crippen LogP contribution in [0.25, 0.3) is 16.7 Å². The number of aromatic nitrogens is 3. The summed E-state index contributed by atoms with van der Waals surface area (Å²) in [6, 6.07) is 7.81. The van der Waals surface area contributed by atoms with Crippen molar-refractivity contribution < 1.29 is 19.0 Å². The van der Waals surface area contributed by atoms with Crippen molar-refractivity contribution >= 4 is 22.6 Å². The second kappa shape index (κ2) is 7.90. The lowest BCUT2D eigenvalue weighted by molar-refractivity contribution is -0.114. The van der Waals surface area contributed by atoms with Crippen molar-refractivity contribution in [1.29, 1.82) is 0 Å². The van der Waals surface area contributed by atoms with Gasteiger partial charge in [0.25, 0.3) is 0 Å². The lowest BCUT2D eigenvalue weighted by atomic mass is 9.96. The van der Waals surface area contributed by atoms with E-state index in [1.165, 1.54) is 6.92 Å². The van der Waals surface area contributed by atoms with Gasteiger partial charge in [-0.05, 0) is 23.8 Å². The Morgan fingerprint density at radius 2 is 2.21 bits per heavy atom. The minimum atomic E-state index is -0.565. The molecule has 8 heteroatoms. The number of carbonyl (C=O) groups is 1. The topological polar surface area (TPSA) is 87.5 Å². The Bertz CT molecular complexity index is 1040. The van der Waals surface area contributed by atoms with E-state index < -0.39 is 5.60 Å². The van der Waals surface area contributed by atoms with Crippen LogP contribution in [0.5, 0.6) is 0 Å². The van der Waals surface area contributed by atoms with Crippen LogP contribution in [0.15, 0.2) is 36.7 Å². The molecule has 0 bridgehead atoms. The maximum absolute atomic E-state index is 11.4. The molecule has 8 nitrogen and oxygen atoms in total. The molecule has 1 saturated heterocycles. The number of hydrogen-bond acceptors (Lipinski definition) is 6. The molecule has 0 radical (unpaired) electrons. The number of pyridine rings is 2. The summed E-state index contributed by atoms with van der Waals surface area (Å²) >= 11 is 0. The third-order valence-electron chi connectivity index (χ3n) is 5.15. The predicted octanol–water partition coefficient (Wildman–Crippen LogP) is 2.79. The zero-order chi connectivity index (χ0) is 20.4. The SMILES string of the molecule is COCc1cc(-n2ccc3cnc(NC(C)=O)cc32)nc(C2(OC)CCOC2)c1. The van der Waals surface area contributed by atoms with Gasteiger partial charge in [0.05, 0.1) is 24.4 Å². The Balaban J connectivity index is 1.84. The van der Waals surface area contributed by atoms with Crippen LogP contribution in [0.4, 0.5) is 5.82 Å². The largest absolute Gasteiger partial charge is 0.380 e. The maximum Gasteiger partial charge on any atom is 0.222 e. The van der Waals surface area contributed by atoms with Crippen molar-refractivity contribution in [3.63, 3.8) is 0 Å². The first-order chi connectivity index (χ1) is 14.0. The number of fused-ring (bicyclic) bond motifs is 1. The van der Waals surface area contributed by atoms with Gasteiger partial charge >= 0.3 is 0 Å². The highest BCUT2D eigenvalue weighted by molar-refractivity contribution is 5.91. The molecule has 1 amide bonds. The van der Waals surface area contributed by atoms with Gasteiger partial charge in [-0.3, -0.25) is 4.79 Å². The van der Waals surface area contributed by atoms with Gasteiger partial charge in [0.1, 0.15) is 17.2 Å². The highest BCUT2D eigenvalue weighted by Gasteiger charge is 2.38. The summed E-state index contributed by atoms with van der Waals surface area (Å²) in [4.78, 5) is 20.6. The van der Waals surface area contributed by atoms with Crippen molar-refractivity contribution in [3.8, 4) is 5.82 Å². The Kier molecular flexibility index (Phi) is 5.31. The standard InChI is InChI=1S/C21H24N4O4/c1-14(26)23-19-10-17-16(11-22-19)4-6-25(17)20-9-15(12-27-2)8-18(24-20)21(28-3)5-7-29-13-21/h4,6,8-11H,5,7,12-13H2,1-3H3,(H,22,23,26). The molecule has 1 fully saturated rings. The van der Waals surface area contributed by atoms with E-state index in [0.717, 1.165) is 34.4 Å². The minimum Gasteiger partial charge on any atom is -0.380 e. The zero-order valence-corrected chi connectivity index (χ0v) is 16.8. The van der Waals surface area contributed by atoms with Crippen molar-refractivity contribution in [1.82, 2.24) is 14.5 Å². The van der Waals surface area contributed by atoms with E-state index >= 15 is 0 Å². The highest BCUT2D eigenvalue weighted by atomic mass is 16.5. The molecule has 0 aromatic carbocycles. The van der Waals surface area contributed by atoms with Gasteiger partial charge < -0.3 is 24.1 Å². The maximum atomic E-state index is 11.4. The summed E-state index contributed by atoms with van der Waals surface area (Å²) in [6.45, 7) is 3.02. The molecular weight excluding hydrogens is 372 g/mol. The summed E-state index contributed by atoms with van der Waals surface area (Å²) in [7, 11) is 3.36. The molecule has 1 unspecified atom stereocenters. The normalized spacial score (nSPS) is 19.0. The fraction of sp³-hybridized carbons (Fsp3) is 0.381. The van der Waals surface area contributed by atoms with E-state index in [0.29, 0.717) is 25.6 Å². The minimum absolute atomic E-state index is 0.166. The van der Waals surface area contributed by atoms with E-state index in [9.17, 15) is 4.79 Å². The van der Waals surface area contributed by atoms with Crippen LogP contribution < -0.4 is 5.32 Å². The predicted molar refractivity (Wildman–Crippen MR) is 108 cm³/mol. The molecule has 0 spiro atoms. The molecule has 1 aliphatic heterocycles. The third-order valence-corrected chi connectivity index (χ3v) is 5.15. The van der Waals surface area contributed by atoms with Crippen LogP contribution in [0.1, 0.15) is 24.6 Å². The number of rotatable bonds is 6. The first-order valence-corrected chi connectivity index (χ1v) is 9.43. The van der Waals surface area contributed by atoms with E-state index in [-0.39, 0.29) is 5.91 Å². The van der Waals surface area contributed by atoms with E-state index in [1.54, 1.807) is 20.4 Å². The molecule has 4 heterocycles. The van der Waals surface area contributed by atoms with Gasteiger partial charge in [-0.1, -0.05) is 0 Å². The molecule has 1 N–H and O–H groups in total. The quantitative estimate of drug-likeness (QED) is 0.689. The molecule has 0 saturated carbocycles. The first kappa shape index (κ1) is 19.5. The number of ether oxygens (including phenoxy) is 3. The van der Waals surface area contributed by atoms with Gasteiger partial charge in [0, 0.05) is 58.0 Å².